The van der Waals surface area contributed by atoms with Crippen molar-refractivity contribution < 1.29 is 23.1 Å². The van der Waals surface area contributed by atoms with E-state index in [2.05, 4.69) is 0 Å². The summed E-state index contributed by atoms with van der Waals surface area (Å²) in [5, 5.41) is 8.45. The lowest BCUT2D eigenvalue weighted by Gasteiger charge is -2.11. The van der Waals surface area contributed by atoms with Crippen LogP contribution in [0.4, 0.5) is 13.2 Å². The first kappa shape index (κ1) is 12.5. The van der Waals surface area contributed by atoms with Crippen LogP contribution >= 0.6 is 0 Å². The van der Waals surface area contributed by atoms with Gasteiger partial charge in [0.25, 0.3) is 0 Å². The van der Waals surface area contributed by atoms with Crippen molar-refractivity contribution in [1.29, 1.82) is 0 Å². The van der Waals surface area contributed by atoms with Crippen molar-refractivity contribution in [3.8, 4) is 0 Å². The third kappa shape index (κ3) is 2.98. The van der Waals surface area contributed by atoms with Crippen LogP contribution in [-0.4, -0.2) is 11.1 Å². The van der Waals surface area contributed by atoms with Crippen molar-refractivity contribution in [2.75, 3.05) is 0 Å². The molecule has 16 heavy (non-hydrogen) atoms. The van der Waals surface area contributed by atoms with E-state index in [1.54, 1.807) is 6.92 Å². The van der Waals surface area contributed by atoms with Gasteiger partial charge in [0.1, 0.15) is 5.82 Å². The predicted octanol–water partition coefficient (Wildman–Crippen LogP) is 3.07. The number of carbonyl (C=O) groups is 1. The van der Waals surface area contributed by atoms with Crippen LogP contribution < -0.4 is 0 Å². The minimum Gasteiger partial charge on any atom is -0.481 e. The molecule has 1 aromatic carbocycles. The topological polar surface area (TPSA) is 37.3 Å². The summed E-state index contributed by atoms with van der Waals surface area (Å²) in [4.78, 5) is 10.3. The molecule has 2 nitrogen and oxygen atoms in total. The number of hydrogen-bond acceptors (Lipinski definition) is 1. The molecule has 0 spiro atoms. The Hall–Kier alpha value is -1.52. The molecule has 1 N–H and O–H groups in total. The molecule has 1 aromatic rings. The molecule has 0 bridgehead atoms. The third-order valence-corrected chi connectivity index (χ3v) is 2.36. The molecule has 1 unspecified atom stereocenters. The molecule has 0 aromatic heterocycles. The van der Waals surface area contributed by atoms with Crippen molar-refractivity contribution in [3.05, 3.63) is 35.1 Å². The minimum atomic E-state index is -1.24. The summed E-state index contributed by atoms with van der Waals surface area (Å²) >= 11 is 0. The van der Waals surface area contributed by atoms with E-state index in [0.717, 1.165) is 6.07 Å². The molecule has 0 aliphatic heterocycles. The zero-order valence-corrected chi connectivity index (χ0v) is 8.64. The van der Waals surface area contributed by atoms with Gasteiger partial charge in [-0.25, -0.2) is 13.2 Å². The molecule has 1 atom stereocenters. The Kier molecular flexibility index (Phi) is 3.93. The Morgan fingerprint density at radius 1 is 1.25 bits per heavy atom. The van der Waals surface area contributed by atoms with Gasteiger partial charge >= 0.3 is 5.97 Å². The van der Waals surface area contributed by atoms with Crippen LogP contribution in [0.3, 0.4) is 0 Å². The average molecular weight is 232 g/mol. The summed E-state index contributed by atoms with van der Waals surface area (Å²) < 4.78 is 38.7. The van der Waals surface area contributed by atoms with Crippen LogP contribution in [0, 0.1) is 17.5 Å². The molecule has 0 amide bonds. The Balaban J connectivity index is 2.86. The second-order valence-electron chi connectivity index (χ2n) is 3.62. The normalized spacial score (nSPS) is 12.5. The second-order valence-corrected chi connectivity index (χ2v) is 3.62. The molecule has 1 rings (SSSR count). The lowest BCUT2D eigenvalue weighted by Crippen LogP contribution is -2.03. The Morgan fingerprint density at radius 2 is 1.81 bits per heavy atom. The number of hydrogen-bond donors (Lipinski definition) is 1. The molecule has 0 heterocycles. The molecule has 88 valence electrons. The second kappa shape index (κ2) is 5.01. The van der Waals surface area contributed by atoms with Crippen LogP contribution in [0.1, 0.15) is 31.2 Å². The quantitative estimate of drug-likeness (QED) is 0.810. The van der Waals surface area contributed by atoms with E-state index >= 15 is 0 Å². The van der Waals surface area contributed by atoms with E-state index < -0.39 is 29.3 Å². The fourth-order valence-corrected chi connectivity index (χ4v) is 1.41. The Bertz CT molecular complexity index is 404. The smallest absolute Gasteiger partial charge is 0.303 e. The molecule has 0 radical (unpaired) electrons. The monoisotopic (exact) mass is 232 g/mol. The average Bonchev–Trinajstić information content (AvgIpc) is 2.20. The first-order valence-electron chi connectivity index (χ1n) is 4.78. The van der Waals surface area contributed by atoms with Crippen LogP contribution in [0.25, 0.3) is 0 Å². The fraction of sp³-hybridized carbons (Fsp3) is 0.364. The third-order valence-electron chi connectivity index (χ3n) is 2.36. The van der Waals surface area contributed by atoms with Gasteiger partial charge in [-0.3, -0.25) is 4.79 Å². The van der Waals surface area contributed by atoms with Crippen LogP contribution in [0.2, 0.25) is 0 Å². The summed E-state index contributed by atoms with van der Waals surface area (Å²) in [5.41, 5.74) is 0.000139. The van der Waals surface area contributed by atoms with E-state index in [-0.39, 0.29) is 18.4 Å². The summed E-state index contributed by atoms with van der Waals surface area (Å²) in [6, 6.07) is 1.25. The maximum absolute atomic E-state index is 13.3. The Labute approximate surface area is 90.7 Å². The summed E-state index contributed by atoms with van der Waals surface area (Å²) in [7, 11) is 0. The highest BCUT2D eigenvalue weighted by atomic mass is 19.2. The van der Waals surface area contributed by atoms with Gasteiger partial charge in [0, 0.05) is 12.5 Å². The fourth-order valence-electron chi connectivity index (χ4n) is 1.41. The molecule has 5 heteroatoms. The molecule has 0 saturated carbocycles. The van der Waals surface area contributed by atoms with Crippen molar-refractivity contribution in [2.45, 2.75) is 25.7 Å². The summed E-state index contributed by atoms with van der Waals surface area (Å²) in [5.74, 6) is -4.69. The van der Waals surface area contributed by atoms with Gasteiger partial charge in [-0.05, 0) is 24.0 Å². The SMILES string of the molecule is CC(CCC(=O)O)c1cc(F)c(F)cc1F. The molecule has 0 saturated heterocycles. The van der Waals surface area contributed by atoms with Crippen molar-refractivity contribution in [2.24, 2.45) is 0 Å². The van der Waals surface area contributed by atoms with E-state index in [9.17, 15) is 18.0 Å². The number of rotatable bonds is 4. The van der Waals surface area contributed by atoms with Gasteiger partial charge in [0.05, 0.1) is 0 Å². The van der Waals surface area contributed by atoms with Crippen LogP contribution in [0.5, 0.6) is 0 Å². The molecule has 0 fully saturated rings. The number of aliphatic carboxylic acids is 1. The van der Waals surface area contributed by atoms with Crippen molar-refractivity contribution in [1.82, 2.24) is 0 Å². The number of carboxylic acid groups (broad SMARTS) is 1. The number of carboxylic acids is 1. The predicted molar refractivity (Wildman–Crippen MR) is 51.6 cm³/mol. The van der Waals surface area contributed by atoms with Crippen LogP contribution in [0.15, 0.2) is 12.1 Å². The van der Waals surface area contributed by atoms with Gasteiger partial charge in [-0.1, -0.05) is 6.92 Å². The highest BCUT2D eigenvalue weighted by Crippen LogP contribution is 2.25. The number of benzene rings is 1. The maximum Gasteiger partial charge on any atom is 0.303 e. The van der Waals surface area contributed by atoms with Gasteiger partial charge in [-0.2, -0.15) is 0 Å². The van der Waals surface area contributed by atoms with Crippen molar-refractivity contribution in [3.63, 3.8) is 0 Å². The molecule has 0 aliphatic carbocycles. The van der Waals surface area contributed by atoms with E-state index in [1.165, 1.54) is 0 Å². The lowest BCUT2D eigenvalue weighted by molar-refractivity contribution is -0.137. The van der Waals surface area contributed by atoms with Crippen molar-refractivity contribution >= 4 is 5.97 Å². The zero-order chi connectivity index (χ0) is 12.3. The Morgan fingerprint density at radius 3 is 2.38 bits per heavy atom. The van der Waals surface area contributed by atoms with Gasteiger partial charge < -0.3 is 5.11 Å². The first-order valence-corrected chi connectivity index (χ1v) is 4.78. The summed E-state index contributed by atoms with van der Waals surface area (Å²) in [6.45, 7) is 1.57. The first-order chi connectivity index (χ1) is 7.41. The van der Waals surface area contributed by atoms with Gasteiger partial charge in [0.2, 0.25) is 0 Å². The minimum absolute atomic E-state index is 0.000139. The molecule has 0 aliphatic rings. The van der Waals surface area contributed by atoms with Gasteiger partial charge in [0.15, 0.2) is 11.6 Å². The summed E-state index contributed by atoms with van der Waals surface area (Å²) in [6.07, 6.45) is 0.0386. The number of halogens is 3. The van der Waals surface area contributed by atoms with E-state index in [0.29, 0.717) is 6.07 Å². The highest BCUT2D eigenvalue weighted by Gasteiger charge is 2.16. The van der Waals surface area contributed by atoms with Gasteiger partial charge in [-0.15, -0.1) is 0 Å². The van der Waals surface area contributed by atoms with E-state index in [4.69, 9.17) is 5.11 Å². The highest BCUT2D eigenvalue weighted by molar-refractivity contribution is 5.66. The van der Waals surface area contributed by atoms with Crippen LogP contribution in [-0.2, 0) is 4.79 Å². The lowest BCUT2D eigenvalue weighted by atomic mass is 9.95. The molecular formula is C11H11F3O2. The molecular weight excluding hydrogens is 221 g/mol. The maximum atomic E-state index is 13.3. The van der Waals surface area contributed by atoms with E-state index in [1.807, 2.05) is 0 Å². The zero-order valence-electron chi connectivity index (χ0n) is 8.64. The standard InChI is InChI=1S/C11H11F3O2/c1-6(2-3-11(15)16)7-4-9(13)10(14)5-8(7)12/h4-6H,2-3H2,1H3,(H,15,16). The largest absolute Gasteiger partial charge is 0.481 e.